The normalized spacial score (nSPS) is 33.6. The highest BCUT2D eigenvalue weighted by molar-refractivity contribution is 5.82. The lowest BCUT2D eigenvalue weighted by Crippen LogP contribution is -2.48. The van der Waals surface area contributed by atoms with E-state index in [4.69, 9.17) is 4.74 Å². The van der Waals surface area contributed by atoms with Crippen molar-refractivity contribution < 1.29 is 9.53 Å². The van der Waals surface area contributed by atoms with Crippen LogP contribution in [-0.4, -0.2) is 43.0 Å². The van der Waals surface area contributed by atoms with E-state index >= 15 is 0 Å². The molecule has 1 saturated carbocycles. The average molecular weight is 267 g/mol. The summed E-state index contributed by atoms with van der Waals surface area (Å²) in [6, 6.07) is 0.521. The minimum Gasteiger partial charge on any atom is -0.378 e. The Balaban J connectivity index is 1.89. The van der Waals surface area contributed by atoms with Crippen LogP contribution in [0.5, 0.6) is 0 Å². The molecule has 0 bridgehead atoms. The number of nitrogens with zero attached hydrogens (tertiary/aromatic N) is 1. The number of hydrogen-bond donors (Lipinski definition) is 0. The van der Waals surface area contributed by atoms with Gasteiger partial charge >= 0.3 is 0 Å². The molecule has 1 aliphatic carbocycles. The highest BCUT2D eigenvalue weighted by Gasteiger charge is 2.32. The van der Waals surface area contributed by atoms with Crippen LogP contribution < -0.4 is 0 Å². The van der Waals surface area contributed by atoms with Crippen molar-refractivity contribution >= 4 is 5.78 Å². The first kappa shape index (κ1) is 15.0. The second-order valence-electron chi connectivity index (χ2n) is 6.22. The topological polar surface area (TPSA) is 29.5 Å². The van der Waals surface area contributed by atoms with Crippen molar-refractivity contribution in [3.05, 3.63) is 0 Å². The van der Waals surface area contributed by atoms with Gasteiger partial charge in [-0.2, -0.15) is 0 Å². The van der Waals surface area contributed by atoms with Crippen LogP contribution in [0.15, 0.2) is 0 Å². The number of Topliss-reactive ketones (excluding diaryl/α,β-unsaturated/α-hetero) is 1. The summed E-state index contributed by atoms with van der Waals surface area (Å²) in [6.07, 6.45) is 6.74. The molecular weight excluding hydrogens is 238 g/mol. The summed E-state index contributed by atoms with van der Waals surface area (Å²) in [7, 11) is 0. The van der Waals surface area contributed by atoms with Crippen LogP contribution in [0.1, 0.15) is 52.4 Å². The predicted octanol–water partition coefficient (Wildman–Crippen LogP) is 2.88. The van der Waals surface area contributed by atoms with E-state index in [1.54, 1.807) is 0 Å². The molecule has 2 rings (SSSR count). The van der Waals surface area contributed by atoms with Crippen LogP contribution in [-0.2, 0) is 9.53 Å². The van der Waals surface area contributed by atoms with E-state index in [1.807, 2.05) is 0 Å². The largest absolute Gasteiger partial charge is 0.378 e. The Morgan fingerprint density at radius 1 is 1.37 bits per heavy atom. The van der Waals surface area contributed by atoms with Crippen LogP contribution in [0.3, 0.4) is 0 Å². The molecule has 0 N–H and O–H groups in total. The number of carbonyl (C=O) groups is 1. The van der Waals surface area contributed by atoms with Crippen molar-refractivity contribution in [1.29, 1.82) is 0 Å². The molecule has 0 aromatic carbocycles. The molecule has 3 atom stereocenters. The maximum Gasteiger partial charge on any atom is 0.137 e. The fourth-order valence-corrected chi connectivity index (χ4v) is 3.64. The van der Waals surface area contributed by atoms with Crippen LogP contribution in [0, 0.1) is 11.8 Å². The molecule has 3 heteroatoms. The summed E-state index contributed by atoms with van der Waals surface area (Å²) in [4.78, 5) is 14.7. The van der Waals surface area contributed by atoms with Crippen LogP contribution in [0.25, 0.3) is 0 Å². The van der Waals surface area contributed by atoms with Crippen molar-refractivity contribution in [2.24, 2.45) is 11.8 Å². The zero-order valence-electron chi connectivity index (χ0n) is 12.6. The standard InChI is InChI=1S/C16H29NO2/c1-3-5-13-6-7-16(18)14(10-13)11-17-8-9-19-12-15(17)4-2/h13-15H,3-12H2,1-2H3. The van der Waals surface area contributed by atoms with E-state index < -0.39 is 0 Å². The van der Waals surface area contributed by atoms with Crippen molar-refractivity contribution in [2.75, 3.05) is 26.3 Å². The molecule has 1 saturated heterocycles. The van der Waals surface area contributed by atoms with Gasteiger partial charge in [0.25, 0.3) is 0 Å². The molecule has 0 aromatic rings. The van der Waals surface area contributed by atoms with E-state index in [9.17, 15) is 4.79 Å². The van der Waals surface area contributed by atoms with Crippen molar-refractivity contribution in [3.63, 3.8) is 0 Å². The fraction of sp³-hybridized carbons (Fsp3) is 0.938. The Labute approximate surface area is 117 Å². The lowest BCUT2D eigenvalue weighted by molar-refractivity contribution is -0.127. The van der Waals surface area contributed by atoms with Crippen molar-refractivity contribution in [1.82, 2.24) is 4.90 Å². The lowest BCUT2D eigenvalue weighted by atomic mass is 9.78. The number of carbonyl (C=O) groups excluding carboxylic acids is 1. The van der Waals surface area contributed by atoms with Gasteiger partial charge in [0.1, 0.15) is 5.78 Å². The Hall–Kier alpha value is -0.410. The Morgan fingerprint density at radius 3 is 2.95 bits per heavy atom. The van der Waals surface area contributed by atoms with Gasteiger partial charge in [-0.3, -0.25) is 9.69 Å². The van der Waals surface area contributed by atoms with E-state index in [2.05, 4.69) is 18.7 Å². The second-order valence-corrected chi connectivity index (χ2v) is 6.22. The van der Waals surface area contributed by atoms with E-state index in [-0.39, 0.29) is 5.92 Å². The summed E-state index contributed by atoms with van der Waals surface area (Å²) in [5.41, 5.74) is 0. The predicted molar refractivity (Wildman–Crippen MR) is 77.2 cm³/mol. The van der Waals surface area contributed by atoms with E-state index in [0.717, 1.165) is 57.9 Å². The van der Waals surface area contributed by atoms with Gasteiger partial charge in [-0.25, -0.2) is 0 Å². The Bertz CT molecular complexity index is 292. The smallest absolute Gasteiger partial charge is 0.137 e. The molecule has 2 aliphatic rings. The van der Waals surface area contributed by atoms with Gasteiger partial charge in [-0.1, -0.05) is 26.7 Å². The molecule has 110 valence electrons. The number of morpholine rings is 1. The maximum absolute atomic E-state index is 12.2. The van der Waals surface area contributed by atoms with Crippen molar-refractivity contribution in [3.8, 4) is 0 Å². The van der Waals surface area contributed by atoms with Gasteiger partial charge in [0, 0.05) is 31.5 Å². The number of hydrogen-bond acceptors (Lipinski definition) is 3. The average Bonchev–Trinajstić information content (AvgIpc) is 2.43. The molecule has 19 heavy (non-hydrogen) atoms. The maximum atomic E-state index is 12.2. The number of rotatable bonds is 5. The molecule has 0 amide bonds. The highest BCUT2D eigenvalue weighted by Crippen LogP contribution is 2.31. The van der Waals surface area contributed by atoms with Crippen LogP contribution >= 0.6 is 0 Å². The minimum absolute atomic E-state index is 0.289. The molecule has 1 aliphatic heterocycles. The molecule has 2 fully saturated rings. The first-order valence-corrected chi connectivity index (χ1v) is 8.09. The van der Waals surface area contributed by atoms with Gasteiger partial charge in [0.2, 0.25) is 0 Å². The summed E-state index contributed by atoms with van der Waals surface area (Å²) >= 11 is 0. The number of ether oxygens (including phenoxy) is 1. The summed E-state index contributed by atoms with van der Waals surface area (Å²) < 4.78 is 5.55. The molecule has 1 heterocycles. The third-order valence-corrected chi connectivity index (χ3v) is 4.84. The summed E-state index contributed by atoms with van der Waals surface area (Å²) in [5, 5.41) is 0. The highest BCUT2D eigenvalue weighted by atomic mass is 16.5. The van der Waals surface area contributed by atoms with Gasteiger partial charge in [-0.15, -0.1) is 0 Å². The quantitative estimate of drug-likeness (QED) is 0.767. The molecular formula is C16H29NO2. The first-order chi connectivity index (χ1) is 9.24. The molecule has 3 unspecified atom stereocenters. The monoisotopic (exact) mass is 267 g/mol. The van der Waals surface area contributed by atoms with Crippen LogP contribution in [0.4, 0.5) is 0 Å². The minimum atomic E-state index is 0.289. The van der Waals surface area contributed by atoms with Gasteiger partial charge in [0.15, 0.2) is 0 Å². The van der Waals surface area contributed by atoms with E-state index in [1.165, 1.54) is 12.8 Å². The third kappa shape index (κ3) is 4.03. The van der Waals surface area contributed by atoms with Gasteiger partial charge < -0.3 is 4.74 Å². The Morgan fingerprint density at radius 2 is 2.21 bits per heavy atom. The molecule has 0 aromatic heterocycles. The van der Waals surface area contributed by atoms with Gasteiger partial charge in [-0.05, 0) is 25.2 Å². The fourth-order valence-electron chi connectivity index (χ4n) is 3.64. The lowest BCUT2D eigenvalue weighted by Gasteiger charge is -2.38. The number of ketones is 1. The zero-order chi connectivity index (χ0) is 13.7. The molecule has 0 spiro atoms. The molecule has 3 nitrogen and oxygen atoms in total. The second kappa shape index (κ2) is 7.39. The summed E-state index contributed by atoms with van der Waals surface area (Å²) in [5.74, 6) is 1.58. The zero-order valence-corrected chi connectivity index (χ0v) is 12.6. The van der Waals surface area contributed by atoms with Crippen molar-refractivity contribution in [2.45, 2.75) is 58.4 Å². The Kier molecular flexibility index (Phi) is 5.83. The SMILES string of the molecule is CCCC1CCC(=O)C(CN2CCOCC2CC)C1. The van der Waals surface area contributed by atoms with Gasteiger partial charge in [0.05, 0.1) is 13.2 Å². The first-order valence-electron chi connectivity index (χ1n) is 8.09. The molecule has 0 radical (unpaired) electrons. The van der Waals surface area contributed by atoms with Crippen LogP contribution in [0.2, 0.25) is 0 Å². The van der Waals surface area contributed by atoms with E-state index in [0.29, 0.717) is 11.8 Å². The summed E-state index contributed by atoms with van der Waals surface area (Å²) in [6.45, 7) is 8.11. The third-order valence-electron chi connectivity index (χ3n) is 4.84.